The lowest BCUT2D eigenvalue weighted by Gasteiger charge is -2.17. The lowest BCUT2D eigenvalue weighted by Crippen LogP contribution is -2.28. The molecule has 1 aliphatic rings. The highest BCUT2D eigenvalue weighted by Crippen LogP contribution is 2.26. The molecule has 1 unspecified atom stereocenters. The third kappa shape index (κ3) is 4.36. The maximum atomic E-state index is 12.5. The summed E-state index contributed by atoms with van der Waals surface area (Å²) in [5.41, 5.74) is 2.49. The van der Waals surface area contributed by atoms with Crippen molar-refractivity contribution in [1.29, 1.82) is 0 Å². The molecule has 3 rings (SSSR count). The summed E-state index contributed by atoms with van der Waals surface area (Å²) in [4.78, 5) is 26.7. The van der Waals surface area contributed by atoms with Crippen LogP contribution in [-0.2, 0) is 25.8 Å². The number of aryl methyl sites for hydroxylation is 1. The second-order valence-electron chi connectivity index (χ2n) is 6.71. The molecule has 0 aromatic heterocycles. The van der Waals surface area contributed by atoms with Crippen molar-refractivity contribution in [1.82, 2.24) is 0 Å². The minimum atomic E-state index is -3.28. The van der Waals surface area contributed by atoms with E-state index in [2.05, 4.69) is 12.2 Å². The molecule has 7 heteroatoms. The van der Waals surface area contributed by atoms with Crippen LogP contribution in [0.25, 0.3) is 0 Å². The minimum absolute atomic E-state index is 0.0770. The van der Waals surface area contributed by atoms with E-state index >= 15 is 0 Å². The predicted octanol–water partition coefficient (Wildman–Crippen LogP) is 2.64. The average molecular weight is 386 g/mol. The normalized spacial score (nSPS) is 17.2. The summed E-state index contributed by atoms with van der Waals surface area (Å²) >= 11 is 0. The van der Waals surface area contributed by atoms with E-state index in [4.69, 9.17) is 0 Å². The molecule has 142 valence electrons. The van der Waals surface area contributed by atoms with Gasteiger partial charge >= 0.3 is 0 Å². The number of hydrogen-bond acceptors (Lipinski definition) is 4. The molecule has 0 spiro atoms. The summed E-state index contributed by atoms with van der Waals surface area (Å²) in [5.74, 6) is -0.770. The van der Waals surface area contributed by atoms with E-state index in [1.54, 1.807) is 17.0 Å². The summed E-state index contributed by atoms with van der Waals surface area (Å²) in [6, 6.07) is 13.8. The summed E-state index contributed by atoms with van der Waals surface area (Å²) < 4.78 is 23.0. The SMILES string of the molecule is CCc1ccc(N2CC(C(=O)Nc3ccc(S(C)(=O)=O)cc3)CC2=O)cc1. The van der Waals surface area contributed by atoms with Gasteiger partial charge in [-0.3, -0.25) is 9.59 Å². The fourth-order valence-electron chi connectivity index (χ4n) is 3.07. The van der Waals surface area contributed by atoms with Crippen LogP contribution in [0, 0.1) is 5.92 Å². The standard InChI is InChI=1S/C20H22N2O4S/c1-3-14-4-8-17(9-5-14)22-13-15(12-19(22)23)20(24)21-16-6-10-18(11-7-16)27(2,25)26/h4-11,15H,3,12-13H2,1-2H3,(H,21,24). The number of rotatable bonds is 5. The van der Waals surface area contributed by atoms with E-state index < -0.39 is 15.8 Å². The zero-order valence-corrected chi connectivity index (χ0v) is 16.1. The lowest BCUT2D eigenvalue weighted by atomic mass is 10.1. The maximum absolute atomic E-state index is 12.5. The van der Waals surface area contributed by atoms with Gasteiger partial charge in [-0.05, 0) is 48.4 Å². The fraction of sp³-hybridized carbons (Fsp3) is 0.300. The first-order valence-corrected chi connectivity index (χ1v) is 10.7. The molecule has 6 nitrogen and oxygen atoms in total. The van der Waals surface area contributed by atoms with Gasteiger partial charge in [0.05, 0.1) is 10.8 Å². The van der Waals surface area contributed by atoms with Gasteiger partial charge in [-0.2, -0.15) is 0 Å². The van der Waals surface area contributed by atoms with Gasteiger partial charge in [0.15, 0.2) is 9.84 Å². The molecule has 2 aromatic carbocycles. The zero-order chi connectivity index (χ0) is 19.6. The summed E-state index contributed by atoms with van der Waals surface area (Å²) in [6.07, 6.45) is 2.21. The van der Waals surface area contributed by atoms with Gasteiger partial charge in [-0.1, -0.05) is 19.1 Å². The number of anilines is 2. The van der Waals surface area contributed by atoms with Crippen molar-refractivity contribution in [3.8, 4) is 0 Å². The lowest BCUT2D eigenvalue weighted by molar-refractivity contribution is -0.122. The number of nitrogens with zero attached hydrogens (tertiary/aromatic N) is 1. The van der Waals surface area contributed by atoms with E-state index in [9.17, 15) is 18.0 Å². The van der Waals surface area contributed by atoms with Crippen LogP contribution >= 0.6 is 0 Å². The van der Waals surface area contributed by atoms with Crippen LogP contribution in [0.5, 0.6) is 0 Å². The van der Waals surface area contributed by atoms with Crippen LogP contribution in [-0.4, -0.2) is 33.0 Å². The fourth-order valence-corrected chi connectivity index (χ4v) is 3.70. The Morgan fingerprint density at radius 1 is 1.11 bits per heavy atom. The minimum Gasteiger partial charge on any atom is -0.326 e. The maximum Gasteiger partial charge on any atom is 0.229 e. The topological polar surface area (TPSA) is 83.6 Å². The molecule has 0 bridgehead atoms. The molecule has 1 fully saturated rings. The quantitative estimate of drug-likeness (QED) is 0.856. The number of benzene rings is 2. The third-order valence-corrected chi connectivity index (χ3v) is 5.83. The van der Waals surface area contributed by atoms with Gasteiger partial charge in [0, 0.05) is 30.6 Å². The van der Waals surface area contributed by atoms with E-state index in [0.717, 1.165) is 18.4 Å². The Labute approximate surface area is 159 Å². The Kier molecular flexibility index (Phi) is 5.32. The molecule has 1 aliphatic heterocycles. The average Bonchev–Trinajstić information content (AvgIpc) is 3.03. The van der Waals surface area contributed by atoms with Crippen molar-refractivity contribution in [2.75, 3.05) is 23.0 Å². The van der Waals surface area contributed by atoms with Gasteiger partial charge in [-0.15, -0.1) is 0 Å². The largest absolute Gasteiger partial charge is 0.326 e. The highest BCUT2D eigenvalue weighted by Gasteiger charge is 2.35. The molecule has 2 aromatic rings. The van der Waals surface area contributed by atoms with E-state index in [1.165, 1.54) is 17.7 Å². The second-order valence-corrected chi connectivity index (χ2v) is 8.73. The second kappa shape index (κ2) is 7.52. The van der Waals surface area contributed by atoms with Crippen molar-refractivity contribution in [2.24, 2.45) is 5.92 Å². The van der Waals surface area contributed by atoms with E-state index in [0.29, 0.717) is 12.2 Å². The molecular formula is C20H22N2O4S. The first-order valence-electron chi connectivity index (χ1n) is 8.78. The number of hydrogen-bond donors (Lipinski definition) is 1. The predicted molar refractivity (Wildman–Crippen MR) is 104 cm³/mol. The number of amides is 2. The first-order chi connectivity index (χ1) is 12.8. The molecular weight excluding hydrogens is 364 g/mol. The monoisotopic (exact) mass is 386 g/mol. The molecule has 27 heavy (non-hydrogen) atoms. The number of nitrogens with one attached hydrogen (secondary N) is 1. The highest BCUT2D eigenvalue weighted by atomic mass is 32.2. The summed E-state index contributed by atoms with van der Waals surface area (Å²) in [6.45, 7) is 2.40. The van der Waals surface area contributed by atoms with Crippen molar-refractivity contribution in [3.63, 3.8) is 0 Å². The molecule has 1 N–H and O–H groups in total. The Morgan fingerprint density at radius 3 is 2.30 bits per heavy atom. The molecule has 1 saturated heterocycles. The first kappa shape index (κ1) is 19.1. The van der Waals surface area contributed by atoms with Crippen LogP contribution < -0.4 is 10.2 Å². The van der Waals surface area contributed by atoms with Crippen molar-refractivity contribution in [2.45, 2.75) is 24.7 Å². The molecule has 0 saturated carbocycles. The van der Waals surface area contributed by atoms with Crippen LogP contribution in [0.1, 0.15) is 18.9 Å². The number of carbonyl (C=O) groups is 2. The smallest absolute Gasteiger partial charge is 0.229 e. The molecule has 1 heterocycles. The van der Waals surface area contributed by atoms with Gasteiger partial charge in [0.1, 0.15) is 0 Å². The number of sulfone groups is 1. The van der Waals surface area contributed by atoms with Crippen molar-refractivity contribution >= 4 is 33.0 Å². The third-order valence-electron chi connectivity index (χ3n) is 4.70. The Morgan fingerprint density at radius 2 is 1.74 bits per heavy atom. The Hall–Kier alpha value is -2.67. The van der Waals surface area contributed by atoms with Gasteiger partial charge in [0.2, 0.25) is 11.8 Å². The van der Waals surface area contributed by atoms with E-state index in [-0.39, 0.29) is 23.1 Å². The van der Waals surface area contributed by atoms with Gasteiger partial charge < -0.3 is 10.2 Å². The van der Waals surface area contributed by atoms with Crippen LogP contribution in [0.2, 0.25) is 0 Å². The Bertz CT molecular complexity index is 950. The van der Waals surface area contributed by atoms with E-state index in [1.807, 2.05) is 24.3 Å². The molecule has 2 amide bonds. The molecule has 1 atom stereocenters. The van der Waals surface area contributed by atoms with Gasteiger partial charge in [-0.25, -0.2) is 8.42 Å². The van der Waals surface area contributed by atoms with Crippen LogP contribution in [0.15, 0.2) is 53.4 Å². The zero-order valence-electron chi connectivity index (χ0n) is 15.3. The molecule has 0 radical (unpaired) electrons. The summed E-state index contributed by atoms with van der Waals surface area (Å²) in [7, 11) is -3.28. The van der Waals surface area contributed by atoms with Gasteiger partial charge in [0.25, 0.3) is 0 Å². The Balaban J connectivity index is 1.66. The number of carbonyl (C=O) groups excluding carboxylic acids is 2. The molecule has 0 aliphatic carbocycles. The highest BCUT2D eigenvalue weighted by molar-refractivity contribution is 7.90. The van der Waals surface area contributed by atoms with Crippen molar-refractivity contribution < 1.29 is 18.0 Å². The van der Waals surface area contributed by atoms with Crippen LogP contribution in [0.4, 0.5) is 11.4 Å². The van der Waals surface area contributed by atoms with Crippen LogP contribution in [0.3, 0.4) is 0 Å². The van der Waals surface area contributed by atoms with Crippen molar-refractivity contribution in [3.05, 3.63) is 54.1 Å². The summed E-state index contributed by atoms with van der Waals surface area (Å²) in [5, 5.41) is 2.76.